The van der Waals surface area contributed by atoms with E-state index in [9.17, 15) is 4.79 Å². The first-order chi connectivity index (χ1) is 9.58. The van der Waals surface area contributed by atoms with Gasteiger partial charge in [-0.05, 0) is 36.7 Å². The maximum absolute atomic E-state index is 12.0. The average molecular weight is 289 g/mol. The summed E-state index contributed by atoms with van der Waals surface area (Å²) < 4.78 is 0. The van der Waals surface area contributed by atoms with Crippen molar-refractivity contribution in [3.63, 3.8) is 0 Å². The normalized spacial score (nSPS) is 10.8. The predicted octanol–water partition coefficient (Wildman–Crippen LogP) is 2.32. The highest BCUT2D eigenvalue weighted by Gasteiger charge is 2.11. The molecule has 0 aliphatic rings. The van der Waals surface area contributed by atoms with Crippen LogP contribution in [0.3, 0.4) is 0 Å². The van der Waals surface area contributed by atoms with Crippen LogP contribution in [0.4, 0.5) is 5.69 Å². The summed E-state index contributed by atoms with van der Waals surface area (Å²) in [6.45, 7) is 1.37. The molecule has 0 saturated heterocycles. The molecule has 1 aromatic heterocycles. The Morgan fingerprint density at radius 2 is 1.95 bits per heavy atom. The van der Waals surface area contributed by atoms with Crippen molar-refractivity contribution in [1.82, 2.24) is 10.2 Å². The van der Waals surface area contributed by atoms with Gasteiger partial charge in [0.15, 0.2) is 0 Å². The lowest BCUT2D eigenvalue weighted by Crippen LogP contribution is -2.24. The minimum Gasteiger partial charge on any atom is -0.397 e. The number of amides is 1. The largest absolute Gasteiger partial charge is 0.397 e. The lowest BCUT2D eigenvalue weighted by Gasteiger charge is -2.14. The fourth-order valence-electron chi connectivity index (χ4n) is 1.98. The van der Waals surface area contributed by atoms with Crippen LogP contribution in [0.15, 0.2) is 35.7 Å². The van der Waals surface area contributed by atoms with Crippen LogP contribution in [0.5, 0.6) is 0 Å². The van der Waals surface area contributed by atoms with Gasteiger partial charge < -0.3 is 16.0 Å². The van der Waals surface area contributed by atoms with E-state index < -0.39 is 0 Å². The first-order valence-electron chi connectivity index (χ1n) is 6.40. The first-order valence-corrected chi connectivity index (χ1v) is 7.28. The zero-order valence-electron chi connectivity index (χ0n) is 11.7. The number of nitrogens with two attached hydrogens (primary N) is 1. The second-order valence-electron chi connectivity index (χ2n) is 4.89. The zero-order chi connectivity index (χ0) is 14.5. The number of nitrogen functional groups attached to an aromatic ring is 1. The van der Waals surface area contributed by atoms with Crippen molar-refractivity contribution >= 4 is 22.9 Å². The molecule has 1 amide bonds. The summed E-state index contributed by atoms with van der Waals surface area (Å²) in [5, 5.41) is 4.75. The van der Waals surface area contributed by atoms with E-state index in [4.69, 9.17) is 5.73 Å². The number of rotatable bonds is 5. The summed E-state index contributed by atoms with van der Waals surface area (Å²) in [6.07, 6.45) is 0. The smallest absolute Gasteiger partial charge is 0.263 e. The van der Waals surface area contributed by atoms with E-state index in [1.165, 1.54) is 16.9 Å². The lowest BCUT2D eigenvalue weighted by molar-refractivity contribution is 0.0955. The van der Waals surface area contributed by atoms with Gasteiger partial charge in [0.1, 0.15) is 4.88 Å². The van der Waals surface area contributed by atoms with E-state index in [1.54, 1.807) is 6.07 Å². The third-order valence-corrected chi connectivity index (χ3v) is 3.88. The number of thiophene rings is 1. The molecule has 0 saturated carbocycles. The van der Waals surface area contributed by atoms with Gasteiger partial charge in [-0.2, -0.15) is 0 Å². The number of hydrogen-bond donors (Lipinski definition) is 2. The Bertz CT molecular complexity index is 592. The first kappa shape index (κ1) is 14.6. The molecule has 1 heterocycles. The van der Waals surface area contributed by atoms with Crippen LogP contribution < -0.4 is 11.1 Å². The number of benzene rings is 1. The van der Waals surface area contributed by atoms with Gasteiger partial charge in [-0.25, -0.2) is 0 Å². The number of carbonyl (C=O) groups excluding carboxylic acids is 1. The lowest BCUT2D eigenvalue weighted by atomic mass is 10.1. The Morgan fingerprint density at radius 3 is 2.55 bits per heavy atom. The van der Waals surface area contributed by atoms with Crippen molar-refractivity contribution < 1.29 is 4.79 Å². The fourth-order valence-corrected chi connectivity index (χ4v) is 2.72. The Balaban J connectivity index is 2.04. The highest BCUT2D eigenvalue weighted by molar-refractivity contribution is 7.12. The second kappa shape index (κ2) is 6.54. The van der Waals surface area contributed by atoms with Crippen molar-refractivity contribution in [3.05, 3.63) is 51.7 Å². The maximum Gasteiger partial charge on any atom is 0.263 e. The third kappa shape index (κ3) is 3.59. The van der Waals surface area contributed by atoms with Gasteiger partial charge in [0, 0.05) is 13.1 Å². The summed E-state index contributed by atoms with van der Waals surface area (Å²) in [5.41, 5.74) is 8.63. The molecule has 1 aromatic carbocycles. The number of carbonyl (C=O) groups is 1. The summed E-state index contributed by atoms with van der Waals surface area (Å²) in [7, 11) is 4.06. The minimum absolute atomic E-state index is 0.114. The molecule has 0 fully saturated rings. The summed E-state index contributed by atoms with van der Waals surface area (Å²) >= 11 is 1.36. The van der Waals surface area contributed by atoms with Gasteiger partial charge in [0.05, 0.1) is 5.69 Å². The number of nitrogens with zero attached hydrogens (tertiary/aromatic N) is 1. The van der Waals surface area contributed by atoms with Crippen LogP contribution in [0.1, 0.15) is 20.8 Å². The SMILES string of the molecule is CN(C)Cc1ccccc1CNC(=O)c1sccc1N. The number of nitrogens with one attached hydrogen (secondary N) is 1. The molecule has 4 nitrogen and oxygen atoms in total. The quantitative estimate of drug-likeness (QED) is 0.888. The van der Waals surface area contributed by atoms with Gasteiger partial charge in [-0.1, -0.05) is 24.3 Å². The molecule has 0 bridgehead atoms. The van der Waals surface area contributed by atoms with Gasteiger partial charge in [0.25, 0.3) is 5.91 Å². The molecule has 0 aliphatic heterocycles. The molecule has 0 unspecified atom stereocenters. The van der Waals surface area contributed by atoms with Crippen molar-refractivity contribution in [2.75, 3.05) is 19.8 Å². The summed E-state index contributed by atoms with van der Waals surface area (Å²) in [4.78, 5) is 14.7. The van der Waals surface area contributed by atoms with Gasteiger partial charge in [0.2, 0.25) is 0 Å². The monoisotopic (exact) mass is 289 g/mol. The predicted molar refractivity (Wildman–Crippen MR) is 83.7 cm³/mol. The number of anilines is 1. The molecular formula is C15H19N3OS. The van der Waals surface area contributed by atoms with E-state index in [0.717, 1.165) is 12.1 Å². The van der Waals surface area contributed by atoms with Crippen molar-refractivity contribution in [1.29, 1.82) is 0 Å². The molecule has 2 rings (SSSR count). The minimum atomic E-state index is -0.114. The van der Waals surface area contributed by atoms with E-state index in [-0.39, 0.29) is 5.91 Å². The topological polar surface area (TPSA) is 58.4 Å². The number of hydrogen-bond acceptors (Lipinski definition) is 4. The van der Waals surface area contributed by atoms with Crippen molar-refractivity contribution in [3.8, 4) is 0 Å². The molecule has 20 heavy (non-hydrogen) atoms. The van der Waals surface area contributed by atoms with Crippen LogP contribution >= 0.6 is 11.3 Å². The van der Waals surface area contributed by atoms with Gasteiger partial charge in [-0.15, -0.1) is 11.3 Å². The van der Waals surface area contributed by atoms with E-state index >= 15 is 0 Å². The van der Waals surface area contributed by atoms with Crippen LogP contribution in [0.25, 0.3) is 0 Å². The molecule has 106 valence electrons. The fraction of sp³-hybridized carbons (Fsp3) is 0.267. The standard InChI is InChI=1S/C15H19N3OS/c1-18(2)10-12-6-4-3-5-11(12)9-17-15(19)14-13(16)7-8-20-14/h3-8H,9-10,16H2,1-2H3,(H,17,19). The maximum atomic E-state index is 12.0. The highest BCUT2D eigenvalue weighted by Crippen LogP contribution is 2.18. The molecular weight excluding hydrogens is 270 g/mol. The van der Waals surface area contributed by atoms with Crippen molar-refractivity contribution in [2.45, 2.75) is 13.1 Å². The highest BCUT2D eigenvalue weighted by atomic mass is 32.1. The molecule has 0 spiro atoms. The van der Waals surface area contributed by atoms with Crippen LogP contribution in [0, 0.1) is 0 Å². The Morgan fingerprint density at radius 1 is 1.25 bits per heavy atom. The van der Waals surface area contributed by atoms with E-state index in [0.29, 0.717) is 17.1 Å². The molecule has 0 atom stereocenters. The second-order valence-corrected chi connectivity index (χ2v) is 5.81. The summed E-state index contributed by atoms with van der Waals surface area (Å²) in [5.74, 6) is -0.114. The molecule has 2 aromatic rings. The average Bonchev–Trinajstić information content (AvgIpc) is 2.83. The Kier molecular flexibility index (Phi) is 4.76. The zero-order valence-corrected chi connectivity index (χ0v) is 12.5. The van der Waals surface area contributed by atoms with E-state index in [1.807, 2.05) is 37.7 Å². The van der Waals surface area contributed by atoms with E-state index in [2.05, 4.69) is 16.3 Å². The van der Waals surface area contributed by atoms with Crippen molar-refractivity contribution in [2.24, 2.45) is 0 Å². The molecule has 3 N–H and O–H groups in total. The molecule has 0 aliphatic carbocycles. The molecule has 0 radical (unpaired) electrons. The van der Waals surface area contributed by atoms with Crippen LogP contribution in [-0.2, 0) is 13.1 Å². The Hall–Kier alpha value is -1.85. The third-order valence-electron chi connectivity index (χ3n) is 2.95. The van der Waals surface area contributed by atoms with Gasteiger partial charge >= 0.3 is 0 Å². The summed E-state index contributed by atoms with van der Waals surface area (Å²) in [6, 6.07) is 9.87. The van der Waals surface area contributed by atoms with Crippen LogP contribution in [0.2, 0.25) is 0 Å². The van der Waals surface area contributed by atoms with Crippen LogP contribution in [-0.4, -0.2) is 24.9 Å². The Labute approximate surface area is 123 Å². The molecule has 5 heteroatoms. The van der Waals surface area contributed by atoms with Gasteiger partial charge in [-0.3, -0.25) is 4.79 Å².